The molecule has 2 rings (SSSR count). The smallest absolute Gasteiger partial charge is 0.338 e. The molecule has 6 heteroatoms. The standard InChI is InChI=1S/C18H20N2O4/c1-4-23-15-11-13(18(21)22-3)12-16(24-5-2)17(15)20-19-14-9-7-6-8-10-14/h6-12H,4-5H2,1-3H3. The van der Waals surface area contributed by atoms with Crippen molar-refractivity contribution in [3.8, 4) is 11.5 Å². The van der Waals surface area contributed by atoms with Gasteiger partial charge in [0.25, 0.3) is 0 Å². The predicted octanol–water partition coefficient (Wildman–Crippen LogP) is 4.69. The van der Waals surface area contributed by atoms with Crippen molar-refractivity contribution in [1.82, 2.24) is 0 Å². The summed E-state index contributed by atoms with van der Waals surface area (Å²) in [6.07, 6.45) is 0. The average Bonchev–Trinajstić information content (AvgIpc) is 2.61. The van der Waals surface area contributed by atoms with E-state index >= 15 is 0 Å². The lowest BCUT2D eigenvalue weighted by atomic mass is 10.1. The highest BCUT2D eigenvalue weighted by Gasteiger charge is 2.17. The maximum atomic E-state index is 11.8. The Hall–Kier alpha value is -2.89. The Bertz CT molecular complexity index is 687. The van der Waals surface area contributed by atoms with Crippen LogP contribution in [0.15, 0.2) is 52.7 Å². The van der Waals surface area contributed by atoms with E-state index < -0.39 is 5.97 Å². The normalized spacial score (nSPS) is 10.6. The molecule has 24 heavy (non-hydrogen) atoms. The molecule has 0 saturated heterocycles. The second-order valence-electron chi connectivity index (χ2n) is 4.71. The first-order valence-corrected chi connectivity index (χ1v) is 7.68. The molecule has 0 aliphatic rings. The molecule has 0 aromatic heterocycles. The minimum Gasteiger partial charge on any atom is -0.491 e. The summed E-state index contributed by atoms with van der Waals surface area (Å²) in [5.41, 5.74) is 1.48. The largest absolute Gasteiger partial charge is 0.491 e. The van der Waals surface area contributed by atoms with Crippen LogP contribution in [0.4, 0.5) is 11.4 Å². The molecule has 0 N–H and O–H groups in total. The molecule has 2 aromatic rings. The fraction of sp³-hybridized carbons (Fsp3) is 0.278. The number of carbonyl (C=O) groups excluding carboxylic acids is 1. The zero-order valence-electron chi connectivity index (χ0n) is 14.0. The third kappa shape index (κ3) is 4.32. The number of azo groups is 1. The zero-order chi connectivity index (χ0) is 17.4. The Morgan fingerprint density at radius 3 is 2.04 bits per heavy atom. The highest BCUT2D eigenvalue weighted by Crippen LogP contribution is 2.40. The van der Waals surface area contributed by atoms with Crippen LogP contribution in [0.25, 0.3) is 0 Å². The molecule has 2 aromatic carbocycles. The molecule has 0 amide bonds. The summed E-state index contributed by atoms with van der Waals surface area (Å²) < 4.78 is 16.0. The summed E-state index contributed by atoms with van der Waals surface area (Å²) in [5, 5.41) is 8.47. The van der Waals surface area contributed by atoms with Crippen LogP contribution in [-0.2, 0) is 4.74 Å². The van der Waals surface area contributed by atoms with Gasteiger partial charge in [0.1, 0.15) is 0 Å². The van der Waals surface area contributed by atoms with Crippen LogP contribution in [0, 0.1) is 0 Å². The van der Waals surface area contributed by atoms with Crippen LogP contribution in [0.3, 0.4) is 0 Å². The second kappa shape index (κ2) is 8.67. The summed E-state index contributed by atoms with van der Waals surface area (Å²) in [7, 11) is 1.33. The number of benzene rings is 2. The number of hydrogen-bond acceptors (Lipinski definition) is 6. The van der Waals surface area contributed by atoms with Crippen molar-refractivity contribution in [1.29, 1.82) is 0 Å². The van der Waals surface area contributed by atoms with Crippen molar-refractivity contribution >= 4 is 17.3 Å². The topological polar surface area (TPSA) is 69.5 Å². The Morgan fingerprint density at radius 2 is 1.54 bits per heavy atom. The Kier molecular flexibility index (Phi) is 6.31. The quantitative estimate of drug-likeness (QED) is 0.546. The van der Waals surface area contributed by atoms with Gasteiger partial charge in [-0.25, -0.2) is 4.79 Å². The van der Waals surface area contributed by atoms with Gasteiger partial charge in [0.15, 0.2) is 17.2 Å². The van der Waals surface area contributed by atoms with Crippen LogP contribution in [0.1, 0.15) is 24.2 Å². The minimum absolute atomic E-state index is 0.336. The van der Waals surface area contributed by atoms with Gasteiger partial charge in [-0.15, -0.1) is 5.11 Å². The number of hydrogen-bond donors (Lipinski definition) is 0. The number of ether oxygens (including phenoxy) is 3. The van der Waals surface area contributed by atoms with Gasteiger partial charge in [0.2, 0.25) is 0 Å². The molecule has 0 heterocycles. The van der Waals surface area contributed by atoms with Crippen molar-refractivity contribution in [2.45, 2.75) is 13.8 Å². The van der Waals surface area contributed by atoms with Crippen LogP contribution in [0.5, 0.6) is 11.5 Å². The van der Waals surface area contributed by atoms with Gasteiger partial charge in [-0.2, -0.15) is 5.11 Å². The van der Waals surface area contributed by atoms with Crippen molar-refractivity contribution in [3.05, 3.63) is 48.0 Å². The van der Waals surface area contributed by atoms with Gasteiger partial charge in [-0.05, 0) is 38.1 Å². The average molecular weight is 328 g/mol. The molecular formula is C18H20N2O4. The summed E-state index contributed by atoms with van der Waals surface area (Å²) >= 11 is 0. The molecule has 0 spiro atoms. The van der Waals surface area contributed by atoms with Crippen molar-refractivity contribution < 1.29 is 19.0 Å². The summed E-state index contributed by atoms with van der Waals surface area (Å²) in [6, 6.07) is 12.5. The van der Waals surface area contributed by atoms with E-state index in [1.165, 1.54) is 7.11 Å². The van der Waals surface area contributed by atoms with E-state index in [4.69, 9.17) is 14.2 Å². The third-order valence-electron chi connectivity index (χ3n) is 3.08. The van der Waals surface area contributed by atoms with Gasteiger partial charge in [0.05, 0.1) is 31.6 Å². The van der Waals surface area contributed by atoms with Crippen LogP contribution < -0.4 is 9.47 Å². The molecule has 0 unspecified atom stereocenters. The van der Waals surface area contributed by atoms with E-state index in [2.05, 4.69) is 10.2 Å². The molecule has 0 aliphatic heterocycles. The minimum atomic E-state index is -0.469. The van der Waals surface area contributed by atoms with Crippen LogP contribution in [0.2, 0.25) is 0 Å². The number of nitrogens with zero attached hydrogens (tertiary/aromatic N) is 2. The van der Waals surface area contributed by atoms with Crippen molar-refractivity contribution in [2.75, 3.05) is 20.3 Å². The van der Waals surface area contributed by atoms with E-state index in [-0.39, 0.29) is 0 Å². The van der Waals surface area contributed by atoms with Gasteiger partial charge >= 0.3 is 5.97 Å². The second-order valence-corrected chi connectivity index (χ2v) is 4.71. The van der Waals surface area contributed by atoms with Gasteiger partial charge in [-0.3, -0.25) is 0 Å². The van der Waals surface area contributed by atoms with Crippen molar-refractivity contribution in [3.63, 3.8) is 0 Å². The van der Waals surface area contributed by atoms with E-state index in [0.717, 1.165) is 0 Å². The fourth-order valence-electron chi connectivity index (χ4n) is 2.05. The zero-order valence-corrected chi connectivity index (χ0v) is 14.0. The highest BCUT2D eigenvalue weighted by atomic mass is 16.5. The van der Waals surface area contributed by atoms with E-state index in [0.29, 0.717) is 41.7 Å². The number of carbonyl (C=O) groups is 1. The van der Waals surface area contributed by atoms with Gasteiger partial charge in [-0.1, -0.05) is 18.2 Å². The first-order valence-electron chi connectivity index (χ1n) is 7.68. The fourth-order valence-corrected chi connectivity index (χ4v) is 2.05. The molecule has 126 valence electrons. The summed E-state index contributed by atoms with van der Waals surface area (Å²) in [5.74, 6) is 0.371. The number of esters is 1. The third-order valence-corrected chi connectivity index (χ3v) is 3.08. The van der Waals surface area contributed by atoms with Crippen molar-refractivity contribution in [2.24, 2.45) is 10.2 Å². The number of methoxy groups -OCH3 is 1. The summed E-state index contributed by atoms with van der Waals surface area (Å²) in [4.78, 5) is 11.8. The molecule has 0 aliphatic carbocycles. The predicted molar refractivity (Wildman–Crippen MR) is 90.7 cm³/mol. The molecule has 0 radical (unpaired) electrons. The Balaban J connectivity index is 2.49. The maximum Gasteiger partial charge on any atom is 0.338 e. The molecular weight excluding hydrogens is 308 g/mol. The SMILES string of the molecule is CCOc1cc(C(=O)OC)cc(OCC)c1N=Nc1ccccc1. The van der Waals surface area contributed by atoms with E-state index in [1.807, 2.05) is 44.2 Å². The van der Waals surface area contributed by atoms with E-state index in [1.54, 1.807) is 12.1 Å². The Labute approximate surface area is 141 Å². The van der Waals surface area contributed by atoms with Crippen LogP contribution >= 0.6 is 0 Å². The highest BCUT2D eigenvalue weighted by molar-refractivity contribution is 5.91. The maximum absolute atomic E-state index is 11.8. The molecule has 0 saturated carbocycles. The lowest BCUT2D eigenvalue weighted by Gasteiger charge is -2.13. The monoisotopic (exact) mass is 328 g/mol. The molecule has 0 fully saturated rings. The van der Waals surface area contributed by atoms with Crippen LogP contribution in [-0.4, -0.2) is 26.3 Å². The first-order chi connectivity index (χ1) is 11.7. The van der Waals surface area contributed by atoms with E-state index in [9.17, 15) is 4.79 Å². The Morgan fingerprint density at radius 1 is 0.958 bits per heavy atom. The lowest BCUT2D eigenvalue weighted by molar-refractivity contribution is 0.0599. The number of rotatable bonds is 7. The molecule has 6 nitrogen and oxygen atoms in total. The molecule has 0 bridgehead atoms. The molecule has 0 atom stereocenters. The van der Waals surface area contributed by atoms with Gasteiger partial charge in [0, 0.05) is 0 Å². The summed E-state index contributed by atoms with van der Waals surface area (Å²) in [6.45, 7) is 4.54. The van der Waals surface area contributed by atoms with Gasteiger partial charge < -0.3 is 14.2 Å². The lowest BCUT2D eigenvalue weighted by Crippen LogP contribution is -2.04. The first kappa shape index (κ1) is 17.5.